The molecule has 0 aliphatic rings. The van der Waals surface area contributed by atoms with Gasteiger partial charge in [0.25, 0.3) is 0 Å². The van der Waals surface area contributed by atoms with Crippen molar-refractivity contribution in [2.75, 3.05) is 7.11 Å². The van der Waals surface area contributed by atoms with Gasteiger partial charge in [-0.3, -0.25) is 0 Å². The first kappa shape index (κ1) is 12.8. The Kier molecular flexibility index (Phi) is 4.44. The van der Waals surface area contributed by atoms with Gasteiger partial charge in [0, 0.05) is 12.7 Å². The lowest BCUT2D eigenvalue weighted by molar-refractivity contribution is 0.389. The SMILES string of the molecule is CC(C)(C)c1cccc(O)c1O.CO. The first-order chi connectivity index (χ1) is 6.43. The fourth-order valence-corrected chi connectivity index (χ4v) is 1.14. The molecule has 3 N–H and O–H groups in total. The molecule has 0 bridgehead atoms. The Morgan fingerprint density at radius 3 is 1.86 bits per heavy atom. The summed E-state index contributed by atoms with van der Waals surface area (Å²) in [5.41, 5.74) is 0.630. The fourth-order valence-electron chi connectivity index (χ4n) is 1.14. The maximum atomic E-state index is 9.48. The molecule has 1 rings (SSSR count). The summed E-state index contributed by atoms with van der Waals surface area (Å²) in [6.45, 7) is 5.96. The van der Waals surface area contributed by atoms with Crippen LogP contribution in [-0.2, 0) is 5.41 Å². The summed E-state index contributed by atoms with van der Waals surface area (Å²) in [6.07, 6.45) is 0. The van der Waals surface area contributed by atoms with Gasteiger partial charge >= 0.3 is 0 Å². The Hall–Kier alpha value is -1.22. The van der Waals surface area contributed by atoms with Crippen LogP contribution in [0.25, 0.3) is 0 Å². The van der Waals surface area contributed by atoms with E-state index in [1.165, 1.54) is 6.07 Å². The normalized spacial score (nSPS) is 10.4. The third-order valence-corrected chi connectivity index (χ3v) is 1.82. The molecule has 0 aromatic heterocycles. The van der Waals surface area contributed by atoms with Crippen LogP contribution in [0.2, 0.25) is 0 Å². The van der Waals surface area contributed by atoms with E-state index in [0.717, 1.165) is 12.7 Å². The van der Waals surface area contributed by atoms with E-state index in [0.29, 0.717) is 0 Å². The lowest BCUT2D eigenvalue weighted by Crippen LogP contribution is -2.10. The summed E-state index contributed by atoms with van der Waals surface area (Å²) >= 11 is 0. The van der Waals surface area contributed by atoms with Gasteiger partial charge < -0.3 is 15.3 Å². The highest BCUT2D eigenvalue weighted by atomic mass is 16.3. The maximum Gasteiger partial charge on any atom is 0.161 e. The smallest absolute Gasteiger partial charge is 0.161 e. The number of hydrogen-bond donors (Lipinski definition) is 3. The van der Waals surface area contributed by atoms with Crippen LogP contribution in [0.15, 0.2) is 18.2 Å². The van der Waals surface area contributed by atoms with Crippen LogP contribution in [0.3, 0.4) is 0 Å². The second kappa shape index (κ2) is 4.86. The van der Waals surface area contributed by atoms with Gasteiger partial charge in [-0.25, -0.2) is 0 Å². The van der Waals surface area contributed by atoms with E-state index < -0.39 is 0 Å². The second-order valence-corrected chi connectivity index (χ2v) is 3.92. The highest BCUT2D eigenvalue weighted by Crippen LogP contribution is 2.36. The average Bonchev–Trinajstić information content (AvgIpc) is 2.11. The number of rotatable bonds is 0. The molecule has 0 amide bonds. The number of aliphatic hydroxyl groups excluding tert-OH is 1. The number of phenolic OH excluding ortho intramolecular Hbond substituents is 2. The third-order valence-electron chi connectivity index (χ3n) is 1.82. The fraction of sp³-hybridized carbons (Fsp3) is 0.455. The molecule has 1 aromatic carbocycles. The molecule has 3 nitrogen and oxygen atoms in total. The molecule has 0 heterocycles. The van der Waals surface area contributed by atoms with Crippen molar-refractivity contribution in [3.05, 3.63) is 23.8 Å². The Bertz CT molecular complexity index is 287. The summed E-state index contributed by atoms with van der Waals surface area (Å²) in [6, 6.07) is 5.02. The van der Waals surface area contributed by atoms with Crippen molar-refractivity contribution in [2.45, 2.75) is 26.2 Å². The Balaban J connectivity index is 0.000000791. The number of hydrogen-bond acceptors (Lipinski definition) is 3. The van der Waals surface area contributed by atoms with Gasteiger partial charge in [0.1, 0.15) is 0 Å². The molecule has 0 aliphatic carbocycles. The number of para-hydroxylation sites is 1. The average molecular weight is 198 g/mol. The predicted octanol–water partition coefficient (Wildman–Crippen LogP) is 2.00. The first-order valence-electron chi connectivity index (χ1n) is 4.39. The molecule has 80 valence electrons. The lowest BCUT2D eigenvalue weighted by Gasteiger charge is -2.20. The molecular weight excluding hydrogens is 180 g/mol. The summed E-state index contributed by atoms with van der Waals surface area (Å²) in [5, 5.41) is 25.7. The Morgan fingerprint density at radius 2 is 1.50 bits per heavy atom. The summed E-state index contributed by atoms with van der Waals surface area (Å²) < 4.78 is 0. The number of phenols is 2. The van der Waals surface area contributed by atoms with E-state index in [4.69, 9.17) is 5.11 Å². The van der Waals surface area contributed by atoms with Crippen molar-refractivity contribution in [1.82, 2.24) is 0 Å². The van der Waals surface area contributed by atoms with E-state index in [1.807, 2.05) is 26.8 Å². The molecule has 0 unspecified atom stereocenters. The Morgan fingerprint density at radius 1 is 1.00 bits per heavy atom. The lowest BCUT2D eigenvalue weighted by atomic mass is 9.86. The Labute approximate surface area is 84.6 Å². The first-order valence-corrected chi connectivity index (χ1v) is 4.39. The molecule has 3 heteroatoms. The minimum atomic E-state index is -0.136. The van der Waals surface area contributed by atoms with Crippen molar-refractivity contribution in [2.24, 2.45) is 0 Å². The zero-order valence-electron chi connectivity index (χ0n) is 9.07. The van der Waals surface area contributed by atoms with Crippen molar-refractivity contribution < 1.29 is 15.3 Å². The molecule has 14 heavy (non-hydrogen) atoms. The highest BCUT2D eigenvalue weighted by Gasteiger charge is 2.19. The van der Waals surface area contributed by atoms with Crippen LogP contribution in [0.1, 0.15) is 26.3 Å². The zero-order chi connectivity index (χ0) is 11.4. The van der Waals surface area contributed by atoms with Crippen LogP contribution in [0.4, 0.5) is 0 Å². The molecule has 1 aromatic rings. The predicted molar refractivity (Wildman–Crippen MR) is 56.6 cm³/mol. The number of aliphatic hydroxyl groups is 1. The van der Waals surface area contributed by atoms with Gasteiger partial charge in [-0.2, -0.15) is 0 Å². The number of benzene rings is 1. The van der Waals surface area contributed by atoms with Gasteiger partial charge in [0.2, 0.25) is 0 Å². The van der Waals surface area contributed by atoms with E-state index in [1.54, 1.807) is 6.07 Å². The highest BCUT2D eigenvalue weighted by molar-refractivity contribution is 5.47. The molecule has 0 radical (unpaired) electrons. The topological polar surface area (TPSA) is 60.7 Å². The van der Waals surface area contributed by atoms with Gasteiger partial charge in [0.05, 0.1) is 0 Å². The second-order valence-electron chi connectivity index (χ2n) is 3.92. The van der Waals surface area contributed by atoms with Crippen LogP contribution in [0.5, 0.6) is 11.5 Å². The minimum Gasteiger partial charge on any atom is -0.504 e. The van der Waals surface area contributed by atoms with Crippen LogP contribution >= 0.6 is 0 Å². The minimum absolute atomic E-state index is 0.00926. The quantitative estimate of drug-likeness (QED) is 0.559. The third kappa shape index (κ3) is 2.92. The van der Waals surface area contributed by atoms with Crippen LogP contribution in [0, 0.1) is 0 Å². The number of aromatic hydroxyl groups is 2. The summed E-state index contributed by atoms with van der Waals surface area (Å²) in [4.78, 5) is 0. The molecular formula is C11H18O3. The van der Waals surface area contributed by atoms with Gasteiger partial charge in [-0.1, -0.05) is 32.9 Å². The monoisotopic (exact) mass is 198 g/mol. The van der Waals surface area contributed by atoms with Crippen molar-refractivity contribution in [1.29, 1.82) is 0 Å². The summed E-state index contributed by atoms with van der Waals surface area (Å²) in [5.74, 6) is -0.0626. The molecule has 0 spiro atoms. The van der Waals surface area contributed by atoms with E-state index >= 15 is 0 Å². The van der Waals surface area contributed by atoms with Crippen molar-refractivity contribution in [3.63, 3.8) is 0 Å². The maximum absolute atomic E-state index is 9.48. The van der Waals surface area contributed by atoms with Crippen LogP contribution < -0.4 is 0 Å². The van der Waals surface area contributed by atoms with Gasteiger partial charge in [0.15, 0.2) is 11.5 Å². The van der Waals surface area contributed by atoms with E-state index in [-0.39, 0.29) is 16.9 Å². The molecule has 0 aliphatic heterocycles. The molecule has 0 fully saturated rings. The molecule has 0 atom stereocenters. The largest absolute Gasteiger partial charge is 0.504 e. The molecule has 0 saturated heterocycles. The van der Waals surface area contributed by atoms with Crippen LogP contribution in [-0.4, -0.2) is 22.4 Å². The summed E-state index contributed by atoms with van der Waals surface area (Å²) in [7, 11) is 1.00. The standard InChI is InChI=1S/C10H14O2.CH4O/c1-10(2,3)7-5-4-6-8(11)9(7)12;1-2/h4-6,11-12H,1-3H3;2H,1H3. The molecule has 0 saturated carbocycles. The van der Waals surface area contributed by atoms with Gasteiger partial charge in [-0.15, -0.1) is 0 Å². The zero-order valence-corrected chi connectivity index (χ0v) is 9.07. The van der Waals surface area contributed by atoms with Gasteiger partial charge in [-0.05, 0) is 11.5 Å². The van der Waals surface area contributed by atoms with E-state index in [9.17, 15) is 10.2 Å². The van der Waals surface area contributed by atoms with Crippen molar-refractivity contribution >= 4 is 0 Å². The van der Waals surface area contributed by atoms with E-state index in [2.05, 4.69) is 0 Å². The van der Waals surface area contributed by atoms with Crippen molar-refractivity contribution in [3.8, 4) is 11.5 Å².